The first-order chi connectivity index (χ1) is 23.8. The number of para-hydroxylation sites is 3. The predicted molar refractivity (Wildman–Crippen MR) is 197 cm³/mol. The summed E-state index contributed by atoms with van der Waals surface area (Å²) in [7, 11) is 0. The van der Waals surface area contributed by atoms with Gasteiger partial charge in [-0.1, -0.05) is 121 Å². The number of fused-ring (bicyclic) bond motifs is 8. The molecule has 2 aromatic heterocycles. The Morgan fingerprint density at radius 1 is 0.542 bits per heavy atom. The van der Waals surface area contributed by atoms with Gasteiger partial charge in [0.15, 0.2) is 0 Å². The Morgan fingerprint density at radius 2 is 1.19 bits per heavy atom. The van der Waals surface area contributed by atoms with E-state index in [1.54, 1.807) is 0 Å². The SMILES string of the molecule is C1=C2c3ccccc3N(c3cc(-c4ccccc4)nc(-c4ccccc4)c3)C2C2C(=C1)N(c1ccnc3ccccc13)c1ccccc12. The monoisotopic (exact) mass is 614 g/mol. The minimum atomic E-state index is 0.0521. The summed E-state index contributed by atoms with van der Waals surface area (Å²) >= 11 is 0. The van der Waals surface area contributed by atoms with Crippen LogP contribution in [0.15, 0.2) is 176 Å². The van der Waals surface area contributed by atoms with Crippen molar-refractivity contribution in [3.05, 3.63) is 187 Å². The number of anilines is 4. The molecule has 0 bridgehead atoms. The molecular weight excluding hydrogens is 585 g/mol. The number of benzene rings is 5. The molecule has 2 unspecified atom stereocenters. The molecule has 0 radical (unpaired) electrons. The van der Waals surface area contributed by atoms with E-state index in [9.17, 15) is 0 Å². The van der Waals surface area contributed by atoms with Gasteiger partial charge in [0.25, 0.3) is 0 Å². The van der Waals surface area contributed by atoms with Gasteiger partial charge in [0, 0.05) is 51.0 Å². The van der Waals surface area contributed by atoms with E-state index in [1.165, 1.54) is 33.8 Å². The fourth-order valence-corrected chi connectivity index (χ4v) is 7.98. The second-order valence-electron chi connectivity index (χ2n) is 12.6. The van der Waals surface area contributed by atoms with E-state index in [-0.39, 0.29) is 12.0 Å². The normalized spacial score (nSPS) is 17.3. The van der Waals surface area contributed by atoms with Crippen LogP contribution in [0.4, 0.5) is 22.7 Å². The lowest BCUT2D eigenvalue weighted by molar-refractivity contribution is 0.704. The molecule has 3 aliphatic rings. The third-order valence-corrected chi connectivity index (χ3v) is 10.0. The van der Waals surface area contributed by atoms with Crippen molar-refractivity contribution in [2.24, 2.45) is 0 Å². The van der Waals surface area contributed by atoms with E-state index >= 15 is 0 Å². The molecule has 0 saturated heterocycles. The molecule has 2 atom stereocenters. The van der Waals surface area contributed by atoms with Gasteiger partial charge in [-0.15, -0.1) is 0 Å². The Morgan fingerprint density at radius 3 is 1.96 bits per heavy atom. The first kappa shape index (κ1) is 26.9. The number of hydrogen-bond donors (Lipinski definition) is 0. The van der Waals surface area contributed by atoms with Gasteiger partial charge in [0.2, 0.25) is 0 Å². The smallest absolute Gasteiger partial charge is 0.0730 e. The summed E-state index contributed by atoms with van der Waals surface area (Å²) in [6, 6.07) is 54.1. The second kappa shape index (κ2) is 10.6. The van der Waals surface area contributed by atoms with Crippen molar-refractivity contribution >= 4 is 39.2 Å². The molecule has 0 saturated carbocycles. The largest absolute Gasteiger partial charge is 0.332 e. The highest BCUT2D eigenvalue weighted by atomic mass is 15.2. The minimum absolute atomic E-state index is 0.0521. The molecule has 10 rings (SSSR count). The summed E-state index contributed by atoms with van der Waals surface area (Å²) in [6.45, 7) is 0. The summed E-state index contributed by atoms with van der Waals surface area (Å²) < 4.78 is 0. The van der Waals surface area contributed by atoms with Crippen LogP contribution in [0.25, 0.3) is 39.0 Å². The van der Waals surface area contributed by atoms with Crippen molar-refractivity contribution in [3.8, 4) is 22.5 Å². The van der Waals surface area contributed by atoms with Crippen molar-refractivity contribution in [2.75, 3.05) is 9.80 Å². The summed E-state index contributed by atoms with van der Waals surface area (Å²) in [5, 5.41) is 1.15. The maximum absolute atomic E-state index is 5.22. The lowest BCUT2D eigenvalue weighted by Gasteiger charge is -2.36. The van der Waals surface area contributed by atoms with Crippen LogP contribution < -0.4 is 9.80 Å². The molecule has 4 heteroatoms. The highest BCUT2D eigenvalue weighted by molar-refractivity contribution is 6.00. The average Bonchev–Trinajstić information content (AvgIpc) is 3.68. The van der Waals surface area contributed by atoms with Crippen LogP contribution in [0.2, 0.25) is 0 Å². The predicted octanol–water partition coefficient (Wildman–Crippen LogP) is 10.7. The molecule has 4 heterocycles. The molecular formula is C44H30N4. The fraction of sp³-hybridized carbons (Fsp3) is 0.0455. The molecule has 0 N–H and O–H groups in total. The van der Waals surface area contributed by atoms with E-state index in [4.69, 9.17) is 9.97 Å². The molecule has 226 valence electrons. The lowest BCUT2D eigenvalue weighted by atomic mass is 9.82. The van der Waals surface area contributed by atoms with Crippen LogP contribution in [-0.4, -0.2) is 16.0 Å². The topological polar surface area (TPSA) is 32.3 Å². The number of allylic oxidation sites excluding steroid dienone is 2. The van der Waals surface area contributed by atoms with Gasteiger partial charge < -0.3 is 9.80 Å². The van der Waals surface area contributed by atoms with Gasteiger partial charge in [-0.05, 0) is 53.6 Å². The Kier molecular flexibility index (Phi) is 5.97. The van der Waals surface area contributed by atoms with Crippen molar-refractivity contribution in [3.63, 3.8) is 0 Å². The fourth-order valence-electron chi connectivity index (χ4n) is 7.98. The molecule has 1 aliphatic carbocycles. The molecule has 0 fully saturated rings. The molecule has 7 aromatic rings. The van der Waals surface area contributed by atoms with Gasteiger partial charge in [-0.2, -0.15) is 0 Å². The average molecular weight is 615 g/mol. The van der Waals surface area contributed by atoms with Gasteiger partial charge >= 0.3 is 0 Å². The third kappa shape index (κ3) is 4.02. The van der Waals surface area contributed by atoms with Crippen LogP contribution in [0.3, 0.4) is 0 Å². The molecule has 4 nitrogen and oxygen atoms in total. The van der Waals surface area contributed by atoms with Crippen LogP contribution in [0, 0.1) is 0 Å². The van der Waals surface area contributed by atoms with Crippen LogP contribution in [0.1, 0.15) is 17.0 Å². The zero-order valence-corrected chi connectivity index (χ0v) is 26.1. The second-order valence-corrected chi connectivity index (χ2v) is 12.6. The van der Waals surface area contributed by atoms with Crippen molar-refractivity contribution in [2.45, 2.75) is 12.0 Å². The van der Waals surface area contributed by atoms with E-state index in [0.29, 0.717) is 0 Å². The lowest BCUT2D eigenvalue weighted by Crippen LogP contribution is -2.35. The van der Waals surface area contributed by atoms with E-state index in [2.05, 4.69) is 174 Å². The molecule has 0 spiro atoms. The highest BCUT2D eigenvalue weighted by Gasteiger charge is 2.49. The highest BCUT2D eigenvalue weighted by Crippen LogP contribution is 2.59. The molecule has 0 amide bonds. The summed E-state index contributed by atoms with van der Waals surface area (Å²) in [5.74, 6) is 0.106. The Balaban J connectivity index is 1.20. The summed E-state index contributed by atoms with van der Waals surface area (Å²) in [5.41, 5.74) is 15.1. The third-order valence-electron chi connectivity index (χ3n) is 10.0. The quantitative estimate of drug-likeness (QED) is 0.197. The Hall–Kier alpha value is -6.26. The molecule has 5 aromatic carbocycles. The summed E-state index contributed by atoms with van der Waals surface area (Å²) in [4.78, 5) is 15.0. The standard InChI is InChI=1S/C44H30N4/c1-3-13-29(14-4-1)37-27-31(28-38(46-37)30-15-5-2-6-16-30)47-39-21-11-8-17-32(39)33-23-24-42-43(44(33)47)35-19-9-12-22-40(35)48(42)41-25-26-45-36-20-10-7-18-34(36)41/h1-28,43-44H. The first-order valence-corrected chi connectivity index (χ1v) is 16.5. The molecule has 48 heavy (non-hydrogen) atoms. The van der Waals surface area contributed by atoms with Gasteiger partial charge in [0.05, 0.1) is 34.6 Å². The number of pyridine rings is 2. The zero-order chi connectivity index (χ0) is 31.6. The van der Waals surface area contributed by atoms with Gasteiger partial charge in [0.1, 0.15) is 0 Å². The Bertz CT molecular complexity index is 2370. The number of nitrogens with zero attached hydrogens (tertiary/aromatic N) is 4. The maximum atomic E-state index is 5.22. The molecule has 2 aliphatic heterocycles. The first-order valence-electron chi connectivity index (χ1n) is 16.5. The van der Waals surface area contributed by atoms with Gasteiger partial charge in [-0.3, -0.25) is 4.98 Å². The van der Waals surface area contributed by atoms with Crippen molar-refractivity contribution < 1.29 is 0 Å². The number of hydrogen-bond acceptors (Lipinski definition) is 4. The van der Waals surface area contributed by atoms with E-state index in [1.807, 2.05) is 6.20 Å². The number of rotatable bonds is 4. The van der Waals surface area contributed by atoms with Crippen LogP contribution in [-0.2, 0) is 0 Å². The van der Waals surface area contributed by atoms with E-state index in [0.717, 1.165) is 44.8 Å². The maximum Gasteiger partial charge on any atom is 0.0730 e. The van der Waals surface area contributed by atoms with Crippen molar-refractivity contribution in [1.29, 1.82) is 0 Å². The van der Waals surface area contributed by atoms with Crippen LogP contribution in [0.5, 0.6) is 0 Å². The van der Waals surface area contributed by atoms with Crippen molar-refractivity contribution in [1.82, 2.24) is 9.97 Å². The minimum Gasteiger partial charge on any atom is -0.332 e. The van der Waals surface area contributed by atoms with Gasteiger partial charge in [-0.25, -0.2) is 4.98 Å². The summed E-state index contributed by atoms with van der Waals surface area (Å²) in [6.07, 6.45) is 6.64. The number of aromatic nitrogens is 2. The van der Waals surface area contributed by atoms with E-state index < -0.39 is 0 Å². The van der Waals surface area contributed by atoms with Crippen LogP contribution >= 0.6 is 0 Å². The Labute approximate surface area is 279 Å². The zero-order valence-electron chi connectivity index (χ0n) is 26.1.